The van der Waals surface area contributed by atoms with Gasteiger partial charge in [-0.1, -0.05) is 6.92 Å². The van der Waals surface area contributed by atoms with Gasteiger partial charge in [-0.2, -0.15) is 0 Å². The fraction of sp³-hybridized carbons (Fsp3) is 0.818. The van der Waals surface area contributed by atoms with Crippen LogP contribution in [0.1, 0.15) is 33.6 Å². The second-order valence-corrected chi connectivity index (χ2v) is 9.65. The Hall–Kier alpha value is -0.483. The first kappa shape index (κ1) is 14.5. The molecule has 15 heavy (non-hydrogen) atoms. The molecule has 0 rings (SSSR count). The van der Waals surface area contributed by atoms with E-state index < -0.39 is 13.9 Å². The van der Waals surface area contributed by atoms with Crippen molar-refractivity contribution in [3.8, 4) is 0 Å². The van der Waals surface area contributed by atoms with Gasteiger partial charge in [0.1, 0.15) is 11.4 Å². The summed E-state index contributed by atoms with van der Waals surface area (Å²) in [5.41, 5.74) is -0.824. The molecule has 0 amide bonds. The zero-order valence-electron chi connectivity index (χ0n) is 10.6. The Kier molecular flexibility index (Phi) is 4.87. The fourth-order valence-corrected chi connectivity index (χ4v) is 2.98. The zero-order valence-corrected chi connectivity index (χ0v) is 11.6. The lowest BCUT2D eigenvalue weighted by molar-refractivity contribution is -0.136. The molecule has 0 aliphatic heterocycles. The highest BCUT2D eigenvalue weighted by Gasteiger charge is 2.34. The highest BCUT2D eigenvalue weighted by Crippen LogP contribution is 2.20. The van der Waals surface area contributed by atoms with E-state index in [4.69, 9.17) is 4.43 Å². The summed E-state index contributed by atoms with van der Waals surface area (Å²) in [5, 5.41) is 0. The Bertz CT molecular complexity index is 251. The molecule has 0 aromatic heterocycles. The van der Waals surface area contributed by atoms with Crippen molar-refractivity contribution in [3.63, 3.8) is 0 Å². The normalized spacial score (nSPS) is 12.7. The van der Waals surface area contributed by atoms with Crippen molar-refractivity contribution in [2.24, 2.45) is 0 Å². The number of ketones is 2. The van der Waals surface area contributed by atoms with Crippen LogP contribution in [-0.2, 0) is 14.0 Å². The molecule has 0 saturated carbocycles. The maximum Gasteiger partial charge on any atom is 0.185 e. The molecule has 0 aliphatic rings. The average molecular weight is 230 g/mol. The van der Waals surface area contributed by atoms with Gasteiger partial charge in [0.05, 0.1) is 6.42 Å². The molecule has 4 heteroatoms. The van der Waals surface area contributed by atoms with Gasteiger partial charge in [0.25, 0.3) is 0 Å². The molecular weight excluding hydrogens is 208 g/mol. The molecule has 0 heterocycles. The summed E-state index contributed by atoms with van der Waals surface area (Å²) in [6, 6.07) is 0. The second kappa shape index (κ2) is 5.03. The van der Waals surface area contributed by atoms with Crippen molar-refractivity contribution in [2.45, 2.75) is 58.9 Å². The summed E-state index contributed by atoms with van der Waals surface area (Å²) in [7, 11) is -1.75. The molecular formula is C11H22O3Si. The van der Waals surface area contributed by atoms with Crippen LogP contribution in [0, 0.1) is 0 Å². The standard InChI is InChI=1S/C11H22O3Si/c1-7-9(12)8-10(13)11(2,3)14-15(4,5)6/h7-8H2,1-6H3. The van der Waals surface area contributed by atoms with Crippen LogP contribution < -0.4 is 0 Å². The van der Waals surface area contributed by atoms with Gasteiger partial charge in [0.2, 0.25) is 0 Å². The summed E-state index contributed by atoms with van der Waals surface area (Å²) in [6.07, 6.45) is 0.406. The number of carbonyl (C=O) groups excluding carboxylic acids is 2. The van der Waals surface area contributed by atoms with Gasteiger partial charge in [0, 0.05) is 6.42 Å². The SMILES string of the molecule is CCC(=O)CC(=O)C(C)(C)O[Si](C)(C)C. The predicted molar refractivity (Wildman–Crippen MR) is 63.4 cm³/mol. The van der Waals surface area contributed by atoms with Crippen LogP contribution in [0.5, 0.6) is 0 Å². The molecule has 0 atom stereocenters. The van der Waals surface area contributed by atoms with Crippen LogP contribution in [0.2, 0.25) is 19.6 Å². The zero-order chi connectivity index (χ0) is 12.3. The van der Waals surface area contributed by atoms with Crippen molar-refractivity contribution >= 4 is 19.9 Å². The van der Waals surface area contributed by atoms with E-state index in [1.54, 1.807) is 20.8 Å². The first-order chi connectivity index (χ1) is 6.58. The lowest BCUT2D eigenvalue weighted by Crippen LogP contribution is -2.44. The minimum atomic E-state index is -1.75. The minimum absolute atomic E-state index is 0.00597. The highest BCUT2D eigenvalue weighted by molar-refractivity contribution is 6.70. The number of Topliss-reactive ketones (excluding diaryl/α,β-unsaturated/α-hetero) is 2. The molecule has 0 saturated heterocycles. The third-order valence-corrected chi connectivity index (χ3v) is 3.11. The molecule has 0 aromatic rings. The first-order valence-corrected chi connectivity index (χ1v) is 8.74. The molecule has 88 valence electrons. The fourth-order valence-electron chi connectivity index (χ4n) is 1.34. The molecule has 3 nitrogen and oxygen atoms in total. The third-order valence-electron chi connectivity index (χ3n) is 1.98. The molecule has 0 bridgehead atoms. The number of hydrogen-bond acceptors (Lipinski definition) is 3. The molecule has 0 unspecified atom stereocenters. The Balaban J connectivity index is 4.46. The smallest absolute Gasteiger partial charge is 0.185 e. The average Bonchev–Trinajstić information content (AvgIpc) is 1.99. The summed E-state index contributed by atoms with van der Waals surface area (Å²) >= 11 is 0. The molecule has 0 aromatic carbocycles. The van der Waals surface area contributed by atoms with Crippen LogP contribution in [0.15, 0.2) is 0 Å². The lowest BCUT2D eigenvalue weighted by atomic mass is 9.99. The summed E-state index contributed by atoms with van der Waals surface area (Å²) in [5.74, 6) is -0.135. The first-order valence-electron chi connectivity index (χ1n) is 5.33. The van der Waals surface area contributed by atoms with Crippen LogP contribution in [-0.4, -0.2) is 25.5 Å². The van der Waals surface area contributed by atoms with E-state index in [9.17, 15) is 9.59 Å². The largest absolute Gasteiger partial charge is 0.406 e. The lowest BCUT2D eigenvalue weighted by Gasteiger charge is -2.31. The number of rotatable bonds is 6. The van der Waals surface area contributed by atoms with Gasteiger partial charge < -0.3 is 4.43 Å². The maximum absolute atomic E-state index is 11.8. The van der Waals surface area contributed by atoms with E-state index in [-0.39, 0.29) is 18.0 Å². The summed E-state index contributed by atoms with van der Waals surface area (Å²) in [4.78, 5) is 23.0. The van der Waals surface area contributed by atoms with E-state index in [1.807, 2.05) is 19.6 Å². The van der Waals surface area contributed by atoms with Crippen molar-refractivity contribution in [1.29, 1.82) is 0 Å². The Labute approximate surface area is 93.3 Å². The van der Waals surface area contributed by atoms with Crippen molar-refractivity contribution < 1.29 is 14.0 Å². The van der Waals surface area contributed by atoms with Gasteiger partial charge in [-0.25, -0.2) is 0 Å². The number of carbonyl (C=O) groups is 2. The van der Waals surface area contributed by atoms with Crippen LogP contribution in [0.3, 0.4) is 0 Å². The highest BCUT2D eigenvalue weighted by atomic mass is 28.4. The minimum Gasteiger partial charge on any atom is -0.406 e. The van der Waals surface area contributed by atoms with E-state index in [1.165, 1.54) is 0 Å². The van der Waals surface area contributed by atoms with Gasteiger partial charge in [0.15, 0.2) is 14.1 Å². The van der Waals surface area contributed by atoms with Crippen LogP contribution in [0.4, 0.5) is 0 Å². The van der Waals surface area contributed by atoms with Crippen molar-refractivity contribution in [2.75, 3.05) is 0 Å². The van der Waals surface area contributed by atoms with E-state index >= 15 is 0 Å². The second-order valence-electron chi connectivity index (χ2n) is 5.22. The topological polar surface area (TPSA) is 43.4 Å². The van der Waals surface area contributed by atoms with E-state index in [2.05, 4.69) is 0 Å². The van der Waals surface area contributed by atoms with E-state index in [0.29, 0.717) is 6.42 Å². The maximum atomic E-state index is 11.8. The van der Waals surface area contributed by atoms with Crippen molar-refractivity contribution in [1.82, 2.24) is 0 Å². The van der Waals surface area contributed by atoms with Crippen molar-refractivity contribution in [3.05, 3.63) is 0 Å². The van der Waals surface area contributed by atoms with Gasteiger partial charge in [-0.3, -0.25) is 9.59 Å². The van der Waals surface area contributed by atoms with Crippen LogP contribution >= 0.6 is 0 Å². The van der Waals surface area contributed by atoms with Gasteiger partial charge in [-0.05, 0) is 33.5 Å². The van der Waals surface area contributed by atoms with Gasteiger partial charge in [-0.15, -0.1) is 0 Å². The Morgan fingerprint density at radius 3 is 2.00 bits per heavy atom. The Morgan fingerprint density at radius 1 is 1.20 bits per heavy atom. The van der Waals surface area contributed by atoms with E-state index in [0.717, 1.165) is 0 Å². The molecule has 0 N–H and O–H groups in total. The molecule has 0 fully saturated rings. The van der Waals surface area contributed by atoms with Crippen LogP contribution in [0.25, 0.3) is 0 Å². The molecule has 0 spiro atoms. The van der Waals surface area contributed by atoms with Gasteiger partial charge >= 0.3 is 0 Å². The third kappa shape index (κ3) is 5.84. The quantitative estimate of drug-likeness (QED) is 0.520. The Morgan fingerprint density at radius 2 is 1.67 bits per heavy atom. The molecule has 0 radical (unpaired) electrons. The monoisotopic (exact) mass is 230 g/mol. The number of hydrogen-bond donors (Lipinski definition) is 0. The summed E-state index contributed by atoms with van der Waals surface area (Å²) < 4.78 is 5.77. The molecule has 0 aliphatic carbocycles. The predicted octanol–water partition coefficient (Wildman–Crippen LogP) is 2.55. The summed E-state index contributed by atoms with van der Waals surface area (Å²) in [6.45, 7) is 11.4.